The highest BCUT2D eigenvalue weighted by atomic mass is 32.2. The van der Waals surface area contributed by atoms with Gasteiger partial charge in [-0.05, 0) is 19.8 Å². The Morgan fingerprint density at radius 1 is 1.20 bits per heavy atom. The fraction of sp³-hybridized carbons (Fsp3) is 0.867. The number of carboxylic acids is 1. The predicted octanol–water partition coefficient (Wildman–Crippen LogP) is -0.233. The molecule has 9 nitrogen and oxygen atoms in total. The molecule has 1 saturated heterocycles. The first kappa shape index (κ1) is 21.8. The van der Waals surface area contributed by atoms with Crippen LogP contribution in [0.3, 0.4) is 0 Å². The van der Waals surface area contributed by atoms with Crippen LogP contribution >= 0.6 is 0 Å². The van der Waals surface area contributed by atoms with Crippen LogP contribution in [0.1, 0.15) is 26.2 Å². The molecule has 1 N–H and O–H groups in total. The largest absolute Gasteiger partial charge is 0.480 e. The number of carbonyl (C=O) groups excluding carboxylic acids is 1. The normalized spacial score (nSPS) is 16.7. The van der Waals surface area contributed by atoms with Crippen LogP contribution < -0.4 is 0 Å². The molecular weight excluding hydrogens is 352 g/mol. The van der Waals surface area contributed by atoms with Crippen LogP contribution in [0.5, 0.6) is 0 Å². The molecule has 1 aliphatic heterocycles. The van der Waals surface area contributed by atoms with Crippen molar-refractivity contribution in [2.75, 3.05) is 52.3 Å². The molecular formula is C15H28N2O7S. The van der Waals surface area contributed by atoms with Crippen LogP contribution in [0.15, 0.2) is 0 Å². The number of piperidine rings is 1. The summed E-state index contributed by atoms with van der Waals surface area (Å²) in [5.41, 5.74) is 0. The number of nitrogens with zero attached hydrogens (tertiary/aromatic N) is 2. The lowest BCUT2D eigenvalue weighted by Gasteiger charge is -2.37. The zero-order chi connectivity index (χ0) is 18.9. The van der Waals surface area contributed by atoms with Gasteiger partial charge in [0.1, 0.15) is 6.54 Å². The summed E-state index contributed by atoms with van der Waals surface area (Å²) in [5, 5.41) is 9.08. The number of sulfonamides is 1. The number of ether oxygens (including phenoxy) is 2. The molecule has 0 unspecified atom stereocenters. The van der Waals surface area contributed by atoms with Crippen molar-refractivity contribution >= 4 is 21.9 Å². The van der Waals surface area contributed by atoms with Crippen LogP contribution in [0.25, 0.3) is 0 Å². The van der Waals surface area contributed by atoms with Gasteiger partial charge in [0.2, 0.25) is 15.9 Å². The van der Waals surface area contributed by atoms with E-state index in [1.807, 2.05) is 0 Å². The molecule has 0 atom stereocenters. The highest BCUT2D eigenvalue weighted by Gasteiger charge is 2.32. The molecule has 1 amide bonds. The average molecular weight is 380 g/mol. The summed E-state index contributed by atoms with van der Waals surface area (Å²) in [5.74, 6) is -1.34. The average Bonchev–Trinajstić information content (AvgIpc) is 2.59. The monoisotopic (exact) mass is 380 g/mol. The zero-order valence-corrected chi connectivity index (χ0v) is 15.7. The molecule has 1 aliphatic rings. The number of aliphatic carboxylic acids is 1. The van der Waals surface area contributed by atoms with E-state index in [-0.39, 0.29) is 37.3 Å². The van der Waals surface area contributed by atoms with Crippen LogP contribution in [-0.4, -0.2) is 93.0 Å². The first-order valence-electron chi connectivity index (χ1n) is 8.37. The Labute approximate surface area is 148 Å². The van der Waals surface area contributed by atoms with Crippen molar-refractivity contribution in [3.63, 3.8) is 0 Å². The van der Waals surface area contributed by atoms with E-state index in [2.05, 4.69) is 0 Å². The van der Waals surface area contributed by atoms with Crippen LogP contribution in [0.2, 0.25) is 0 Å². The molecule has 10 heteroatoms. The third-order valence-corrected chi connectivity index (χ3v) is 6.02. The van der Waals surface area contributed by atoms with Gasteiger partial charge in [0.25, 0.3) is 0 Å². The number of hydrogen-bond acceptors (Lipinski definition) is 6. The highest BCUT2D eigenvalue weighted by Crippen LogP contribution is 2.20. The van der Waals surface area contributed by atoms with Gasteiger partial charge >= 0.3 is 5.97 Å². The lowest BCUT2D eigenvalue weighted by molar-refractivity contribution is -0.147. The molecule has 1 heterocycles. The van der Waals surface area contributed by atoms with Crippen molar-refractivity contribution in [2.24, 2.45) is 0 Å². The standard InChI is InChI=1S/C15H28N2O7S/c1-3-25(21,22)16-7-4-13(5-8-16)17(12-15(19)20)14(18)6-9-24-11-10-23-2/h13H,3-12H2,1-2H3,(H,19,20). The molecule has 0 bridgehead atoms. The number of rotatable bonds is 11. The summed E-state index contributed by atoms with van der Waals surface area (Å²) in [7, 11) is -1.71. The summed E-state index contributed by atoms with van der Waals surface area (Å²) >= 11 is 0. The maximum atomic E-state index is 12.4. The molecule has 1 rings (SSSR count). The number of methoxy groups -OCH3 is 1. The fourth-order valence-corrected chi connectivity index (χ4v) is 3.86. The maximum Gasteiger partial charge on any atom is 0.323 e. The van der Waals surface area contributed by atoms with Gasteiger partial charge < -0.3 is 19.5 Å². The summed E-state index contributed by atoms with van der Waals surface area (Å²) in [4.78, 5) is 24.8. The van der Waals surface area contributed by atoms with Gasteiger partial charge in [-0.2, -0.15) is 0 Å². The van der Waals surface area contributed by atoms with Gasteiger partial charge in [-0.1, -0.05) is 0 Å². The van der Waals surface area contributed by atoms with Crippen molar-refractivity contribution in [1.29, 1.82) is 0 Å². The van der Waals surface area contributed by atoms with E-state index in [0.29, 0.717) is 39.1 Å². The maximum absolute atomic E-state index is 12.4. The van der Waals surface area contributed by atoms with E-state index >= 15 is 0 Å². The molecule has 0 aromatic heterocycles. The minimum atomic E-state index is -3.26. The Bertz CT molecular complexity index is 530. The Balaban J connectivity index is 2.58. The Hall–Kier alpha value is -1.23. The third kappa shape index (κ3) is 7.27. The number of hydrogen-bond donors (Lipinski definition) is 1. The quantitative estimate of drug-likeness (QED) is 0.492. The Morgan fingerprint density at radius 2 is 1.84 bits per heavy atom. The van der Waals surface area contributed by atoms with E-state index in [0.717, 1.165) is 0 Å². The zero-order valence-electron chi connectivity index (χ0n) is 14.8. The molecule has 25 heavy (non-hydrogen) atoms. The fourth-order valence-electron chi connectivity index (χ4n) is 2.73. The van der Waals surface area contributed by atoms with Gasteiger partial charge in [0.05, 0.1) is 32.0 Å². The SMILES string of the molecule is CCS(=O)(=O)N1CCC(N(CC(=O)O)C(=O)CCOCCOC)CC1. The molecule has 0 spiro atoms. The molecule has 0 aromatic carbocycles. The first-order valence-corrected chi connectivity index (χ1v) is 9.98. The van der Waals surface area contributed by atoms with Crippen LogP contribution in [0.4, 0.5) is 0 Å². The van der Waals surface area contributed by atoms with Crippen molar-refractivity contribution in [3.05, 3.63) is 0 Å². The van der Waals surface area contributed by atoms with Gasteiger partial charge in [0, 0.05) is 26.2 Å². The number of amides is 1. The molecule has 0 aromatic rings. The summed E-state index contributed by atoms with van der Waals surface area (Å²) < 4.78 is 35.3. The molecule has 0 saturated carbocycles. The van der Waals surface area contributed by atoms with Crippen molar-refractivity contribution in [3.8, 4) is 0 Å². The highest BCUT2D eigenvalue weighted by molar-refractivity contribution is 7.89. The van der Waals surface area contributed by atoms with E-state index in [4.69, 9.17) is 14.6 Å². The lowest BCUT2D eigenvalue weighted by Crippen LogP contribution is -2.50. The van der Waals surface area contributed by atoms with E-state index in [9.17, 15) is 18.0 Å². The van der Waals surface area contributed by atoms with Crippen molar-refractivity contribution in [2.45, 2.75) is 32.2 Å². The van der Waals surface area contributed by atoms with Gasteiger partial charge in [0.15, 0.2) is 0 Å². The molecule has 146 valence electrons. The lowest BCUT2D eigenvalue weighted by atomic mass is 10.0. The van der Waals surface area contributed by atoms with Crippen LogP contribution in [-0.2, 0) is 29.1 Å². The summed E-state index contributed by atoms with van der Waals surface area (Å²) in [6.45, 7) is 2.80. The Morgan fingerprint density at radius 3 is 2.36 bits per heavy atom. The van der Waals surface area contributed by atoms with Crippen molar-refractivity contribution in [1.82, 2.24) is 9.21 Å². The van der Waals surface area contributed by atoms with E-state index in [1.54, 1.807) is 14.0 Å². The molecule has 1 fully saturated rings. The molecule has 0 aliphatic carbocycles. The number of carbonyl (C=O) groups is 2. The van der Waals surface area contributed by atoms with Gasteiger partial charge in [-0.3, -0.25) is 9.59 Å². The minimum absolute atomic E-state index is 0.0360. The predicted molar refractivity (Wildman–Crippen MR) is 90.7 cm³/mol. The summed E-state index contributed by atoms with van der Waals surface area (Å²) in [6.07, 6.45) is 0.954. The third-order valence-electron chi connectivity index (χ3n) is 4.14. The second kappa shape index (κ2) is 10.7. The summed E-state index contributed by atoms with van der Waals surface area (Å²) in [6, 6.07) is -0.272. The van der Waals surface area contributed by atoms with E-state index in [1.165, 1.54) is 9.21 Å². The smallest absolute Gasteiger partial charge is 0.323 e. The van der Waals surface area contributed by atoms with E-state index < -0.39 is 16.0 Å². The topological polar surface area (TPSA) is 113 Å². The first-order chi connectivity index (χ1) is 11.8. The number of carboxylic acid groups (broad SMARTS) is 1. The van der Waals surface area contributed by atoms with Crippen LogP contribution in [0, 0.1) is 0 Å². The minimum Gasteiger partial charge on any atom is -0.480 e. The van der Waals surface area contributed by atoms with Gasteiger partial charge in [-0.15, -0.1) is 0 Å². The second-order valence-corrected chi connectivity index (χ2v) is 8.06. The Kier molecular flexibility index (Phi) is 9.33. The molecule has 0 radical (unpaired) electrons. The van der Waals surface area contributed by atoms with Gasteiger partial charge in [-0.25, -0.2) is 12.7 Å². The second-order valence-electron chi connectivity index (χ2n) is 5.80. The van der Waals surface area contributed by atoms with Crippen molar-refractivity contribution < 1.29 is 32.6 Å².